The zero-order valence-corrected chi connectivity index (χ0v) is 13.5. The number of piperidine rings is 1. The highest BCUT2D eigenvalue weighted by Gasteiger charge is 2.20. The SMILES string of the molecule is Cc1nncn1CCN1CCC[C@@H](COc2ccccc2F)C1. The largest absolute Gasteiger partial charge is 0.490 e. The highest BCUT2D eigenvalue weighted by Crippen LogP contribution is 2.20. The number of ether oxygens (including phenoxy) is 1. The number of benzene rings is 1. The normalized spacial score (nSPS) is 19.0. The second kappa shape index (κ2) is 7.55. The number of para-hydroxylation sites is 1. The Bertz CT molecular complexity index is 631. The molecule has 0 amide bonds. The van der Waals surface area contributed by atoms with Crippen LogP contribution in [0, 0.1) is 18.7 Å². The maximum Gasteiger partial charge on any atom is 0.165 e. The van der Waals surface area contributed by atoms with Crippen molar-refractivity contribution in [2.24, 2.45) is 5.92 Å². The molecule has 2 heterocycles. The quantitative estimate of drug-likeness (QED) is 0.821. The van der Waals surface area contributed by atoms with Crippen LogP contribution in [0.5, 0.6) is 5.75 Å². The first-order chi connectivity index (χ1) is 11.2. The fraction of sp³-hybridized carbons (Fsp3) is 0.529. The second-order valence-corrected chi connectivity index (χ2v) is 6.12. The smallest absolute Gasteiger partial charge is 0.165 e. The number of aromatic nitrogens is 3. The average molecular weight is 318 g/mol. The summed E-state index contributed by atoms with van der Waals surface area (Å²) in [5.74, 6) is 1.46. The predicted octanol–water partition coefficient (Wildman–Crippen LogP) is 2.52. The summed E-state index contributed by atoms with van der Waals surface area (Å²) in [5, 5.41) is 7.92. The lowest BCUT2D eigenvalue weighted by molar-refractivity contribution is 0.125. The van der Waals surface area contributed by atoms with E-state index in [0.717, 1.165) is 44.8 Å². The van der Waals surface area contributed by atoms with Crippen molar-refractivity contribution < 1.29 is 9.13 Å². The van der Waals surface area contributed by atoms with E-state index in [9.17, 15) is 4.39 Å². The zero-order valence-electron chi connectivity index (χ0n) is 13.5. The lowest BCUT2D eigenvalue weighted by atomic mass is 9.99. The Balaban J connectivity index is 1.46. The summed E-state index contributed by atoms with van der Waals surface area (Å²) >= 11 is 0. The van der Waals surface area contributed by atoms with Crippen LogP contribution in [-0.2, 0) is 6.54 Å². The van der Waals surface area contributed by atoms with Gasteiger partial charge >= 0.3 is 0 Å². The molecule has 1 fully saturated rings. The second-order valence-electron chi connectivity index (χ2n) is 6.12. The number of hydrogen-bond acceptors (Lipinski definition) is 4. The van der Waals surface area contributed by atoms with Gasteiger partial charge in [-0.15, -0.1) is 10.2 Å². The van der Waals surface area contributed by atoms with Gasteiger partial charge in [-0.1, -0.05) is 12.1 Å². The molecule has 0 bridgehead atoms. The molecular weight excluding hydrogens is 295 g/mol. The Labute approximate surface area is 136 Å². The third-order valence-electron chi connectivity index (χ3n) is 4.38. The molecular formula is C17H23FN4O. The molecule has 0 N–H and O–H groups in total. The van der Waals surface area contributed by atoms with E-state index in [2.05, 4.69) is 19.7 Å². The monoisotopic (exact) mass is 318 g/mol. The molecule has 2 aromatic rings. The summed E-state index contributed by atoms with van der Waals surface area (Å²) in [6, 6.07) is 6.60. The highest BCUT2D eigenvalue weighted by atomic mass is 19.1. The number of hydrogen-bond donors (Lipinski definition) is 0. The minimum Gasteiger partial charge on any atom is -0.490 e. The van der Waals surface area contributed by atoms with E-state index in [0.29, 0.717) is 18.3 Å². The summed E-state index contributed by atoms with van der Waals surface area (Å²) < 4.78 is 21.3. The Morgan fingerprint density at radius 1 is 1.30 bits per heavy atom. The number of likely N-dealkylation sites (tertiary alicyclic amines) is 1. The van der Waals surface area contributed by atoms with Gasteiger partial charge in [-0.25, -0.2) is 4.39 Å². The summed E-state index contributed by atoms with van der Waals surface area (Å²) in [6.45, 7) is 6.53. The van der Waals surface area contributed by atoms with Crippen LogP contribution in [0.1, 0.15) is 18.7 Å². The molecule has 0 unspecified atom stereocenters. The van der Waals surface area contributed by atoms with E-state index in [1.807, 2.05) is 6.92 Å². The molecule has 1 atom stereocenters. The van der Waals surface area contributed by atoms with Gasteiger partial charge < -0.3 is 14.2 Å². The van der Waals surface area contributed by atoms with Crippen molar-refractivity contribution in [3.8, 4) is 5.75 Å². The number of aryl methyl sites for hydroxylation is 1. The van der Waals surface area contributed by atoms with Gasteiger partial charge in [0.15, 0.2) is 11.6 Å². The third-order valence-corrected chi connectivity index (χ3v) is 4.38. The van der Waals surface area contributed by atoms with Gasteiger partial charge in [-0.3, -0.25) is 0 Å². The maximum absolute atomic E-state index is 13.6. The van der Waals surface area contributed by atoms with Crippen LogP contribution < -0.4 is 4.74 Å². The minimum atomic E-state index is -0.289. The third kappa shape index (κ3) is 4.28. The summed E-state index contributed by atoms with van der Waals surface area (Å²) in [4.78, 5) is 2.44. The highest BCUT2D eigenvalue weighted by molar-refractivity contribution is 5.23. The molecule has 1 saturated heterocycles. The van der Waals surface area contributed by atoms with Gasteiger partial charge in [-0.05, 0) is 38.4 Å². The number of nitrogens with zero attached hydrogens (tertiary/aromatic N) is 4. The van der Waals surface area contributed by atoms with Crippen LogP contribution in [0.25, 0.3) is 0 Å². The molecule has 0 radical (unpaired) electrons. The number of rotatable bonds is 6. The maximum atomic E-state index is 13.6. The molecule has 0 aliphatic carbocycles. The predicted molar refractivity (Wildman–Crippen MR) is 85.8 cm³/mol. The zero-order chi connectivity index (χ0) is 16.1. The standard InChI is InChI=1S/C17H23FN4O/c1-14-20-19-13-22(14)10-9-21-8-4-5-15(11-21)12-23-17-7-3-2-6-16(17)18/h2-3,6-7,13,15H,4-5,8-12H2,1H3/t15-/m1/s1. The average Bonchev–Trinajstić information content (AvgIpc) is 2.98. The van der Waals surface area contributed by atoms with Gasteiger partial charge in [0.1, 0.15) is 12.2 Å². The number of halogens is 1. The lowest BCUT2D eigenvalue weighted by Crippen LogP contribution is -2.39. The van der Waals surface area contributed by atoms with Crippen LogP contribution in [0.2, 0.25) is 0 Å². The van der Waals surface area contributed by atoms with Crippen LogP contribution in [0.15, 0.2) is 30.6 Å². The van der Waals surface area contributed by atoms with Gasteiger partial charge in [0.05, 0.1) is 6.61 Å². The van der Waals surface area contributed by atoms with Gasteiger partial charge in [-0.2, -0.15) is 0 Å². The first-order valence-electron chi connectivity index (χ1n) is 8.16. The van der Waals surface area contributed by atoms with Gasteiger partial charge in [0.2, 0.25) is 0 Å². The van der Waals surface area contributed by atoms with Crippen LogP contribution in [-0.4, -0.2) is 45.9 Å². The molecule has 1 aliphatic rings. The fourth-order valence-electron chi connectivity index (χ4n) is 3.04. The van der Waals surface area contributed by atoms with Crippen molar-refractivity contribution in [3.05, 3.63) is 42.2 Å². The Morgan fingerprint density at radius 3 is 2.96 bits per heavy atom. The molecule has 0 saturated carbocycles. The van der Waals surface area contributed by atoms with Crippen LogP contribution >= 0.6 is 0 Å². The van der Waals surface area contributed by atoms with Crippen molar-refractivity contribution in [2.75, 3.05) is 26.2 Å². The van der Waals surface area contributed by atoms with Crippen molar-refractivity contribution >= 4 is 0 Å². The van der Waals surface area contributed by atoms with Crippen LogP contribution in [0.4, 0.5) is 4.39 Å². The van der Waals surface area contributed by atoms with E-state index in [4.69, 9.17) is 4.74 Å². The molecule has 1 aromatic heterocycles. The van der Waals surface area contributed by atoms with E-state index < -0.39 is 0 Å². The molecule has 6 heteroatoms. The van der Waals surface area contributed by atoms with Crippen molar-refractivity contribution in [2.45, 2.75) is 26.3 Å². The van der Waals surface area contributed by atoms with E-state index in [1.165, 1.54) is 6.07 Å². The summed E-state index contributed by atoms with van der Waals surface area (Å²) in [6.07, 6.45) is 4.07. The van der Waals surface area contributed by atoms with Crippen molar-refractivity contribution in [3.63, 3.8) is 0 Å². The summed E-state index contributed by atoms with van der Waals surface area (Å²) in [7, 11) is 0. The van der Waals surface area contributed by atoms with Gasteiger partial charge in [0.25, 0.3) is 0 Å². The molecule has 124 valence electrons. The minimum absolute atomic E-state index is 0.289. The summed E-state index contributed by atoms with van der Waals surface area (Å²) in [5.41, 5.74) is 0. The van der Waals surface area contributed by atoms with Gasteiger partial charge in [0, 0.05) is 25.6 Å². The lowest BCUT2D eigenvalue weighted by Gasteiger charge is -2.32. The first kappa shape index (κ1) is 15.9. The van der Waals surface area contributed by atoms with Crippen molar-refractivity contribution in [1.29, 1.82) is 0 Å². The first-order valence-corrected chi connectivity index (χ1v) is 8.16. The molecule has 23 heavy (non-hydrogen) atoms. The fourth-order valence-corrected chi connectivity index (χ4v) is 3.04. The molecule has 0 spiro atoms. The van der Waals surface area contributed by atoms with Crippen molar-refractivity contribution in [1.82, 2.24) is 19.7 Å². The van der Waals surface area contributed by atoms with E-state index in [1.54, 1.807) is 24.5 Å². The molecule has 5 nitrogen and oxygen atoms in total. The van der Waals surface area contributed by atoms with E-state index >= 15 is 0 Å². The topological polar surface area (TPSA) is 43.2 Å². The van der Waals surface area contributed by atoms with E-state index in [-0.39, 0.29) is 5.82 Å². The molecule has 3 rings (SSSR count). The molecule has 1 aromatic carbocycles. The molecule has 1 aliphatic heterocycles. The Morgan fingerprint density at radius 2 is 2.17 bits per heavy atom. The van der Waals surface area contributed by atoms with Crippen LogP contribution in [0.3, 0.4) is 0 Å². The Hall–Kier alpha value is -1.95. The Kier molecular flexibility index (Phi) is 5.23.